The number of halogens is 3. The maximum Gasteiger partial charge on any atom is 0.435 e. The van der Waals surface area contributed by atoms with Gasteiger partial charge in [0.05, 0.1) is 5.69 Å². The lowest BCUT2D eigenvalue weighted by Gasteiger charge is -2.11. The zero-order valence-electron chi connectivity index (χ0n) is 11.3. The molecule has 20 heavy (non-hydrogen) atoms. The van der Waals surface area contributed by atoms with Crippen LogP contribution in [0.15, 0.2) is 30.5 Å². The lowest BCUT2D eigenvalue weighted by atomic mass is 10.0. The van der Waals surface area contributed by atoms with Gasteiger partial charge in [-0.2, -0.15) is 18.3 Å². The van der Waals surface area contributed by atoms with Gasteiger partial charge < -0.3 is 5.73 Å². The van der Waals surface area contributed by atoms with Gasteiger partial charge in [-0.15, -0.1) is 0 Å². The van der Waals surface area contributed by atoms with Crippen molar-refractivity contribution in [1.82, 2.24) is 9.78 Å². The predicted molar refractivity (Wildman–Crippen MR) is 70.7 cm³/mol. The molecule has 0 bridgehead atoms. The minimum atomic E-state index is -4.42. The molecular formula is C14H16F3N3. The van der Waals surface area contributed by atoms with Gasteiger partial charge in [-0.05, 0) is 49.6 Å². The van der Waals surface area contributed by atoms with E-state index in [1.807, 2.05) is 26.0 Å². The van der Waals surface area contributed by atoms with Crippen LogP contribution in [-0.4, -0.2) is 15.8 Å². The molecule has 1 unspecified atom stereocenters. The molecule has 3 nitrogen and oxygen atoms in total. The summed E-state index contributed by atoms with van der Waals surface area (Å²) >= 11 is 0. The second-order valence-corrected chi connectivity index (χ2v) is 4.94. The molecule has 1 aromatic carbocycles. The van der Waals surface area contributed by atoms with Crippen molar-refractivity contribution in [1.29, 1.82) is 0 Å². The Morgan fingerprint density at radius 3 is 2.50 bits per heavy atom. The smallest absolute Gasteiger partial charge is 0.328 e. The number of aryl methyl sites for hydroxylation is 1. The second-order valence-electron chi connectivity index (χ2n) is 4.94. The molecule has 0 aliphatic carbocycles. The topological polar surface area (TPSA) is 43.8 Å². The number of rotatable bonds is 3. The SMILES string of the molecule is Cc1cc(-n2ccc(C(F)(F)F)n2)ccc1CC(C)N. The van der Waals surface area contributed by atoms with Crippen LogP contribution in [0.2, 0.25) is 0 Å². The minimum Gasteiger partial charge on any atom is -0.328 e. The van der Waals surface area contributed by atoms with Gasteiger partial charge in [0, 0.05) is 12.2 Å². The summed E-state index contributed by atoms with van der Waals surface area (Å²) in [6.45, 7) is 3.83. The number of nitrogens with two attached hydrogens (primary N) is 1. The van der Waals surface area contributed by atoms with Gasteiger partial charge in [-0.1, -0.05) is 6.07 Å². The Morgan fingerprint density at radius 2 is 2.00 bits per heavy atom. The van der Waals surface area contributed by atoms with E-state index < -0.39 is 11.9 Å². The fourth-order valence-electron chi connectivity index (χ4n) is 2.02. The van der Waals surface area contributed by atoms with E-state index in [4.69, 9.17) is 5.73 Å². The quantitative estimate of drug-likeness (QED) is 0.940. The summed E-state index contributed by atoms with van der Waals surface area (Å²) in [5.74, 6) is 0. The van der Waals surface area contributed by atoms with Crippen molar-refractivity contribution in [2.45, 2.75) is 32.5 Å². The van der Waals surface area contributed by atoms with E-state index in [9.17, 15) is 13.2 Å². The molecule has 1 atom stereocenters. The van der Waals surface area contributed by atoms with Crippen LogP contribution in [0.25, 0.3) is 5.69 Å². The van der Waals surface area contributed by atoms with E-state index in [-0.39, 0.29) is 6.04 Å². The molecule has 108 valence electrons. The highest BCUT2D eigenvalue weighted by Crippen LogP contribution is 2.28. The summed E-state index contributed by atoms with van der Waals surface area (Å²) in [5, 5.41) is 3.55. The molecule has 2 rings (SSSR count). The molecule has 0 spiro atoms. The first-order chi connectivity index (χ1) is 9.27. The maximum absolute atomic E-state index is 12.5. The van der Waals surface area contributed by atoms with Crippen molar-refractivity contribution in [3.05, 3.63) is 47.3 Å². The molecule has 0 amide bonds. The minimum absolute atomic E-state index is 0.0427. The van der Waals surface area contributed by atoms with Crippen LogP contribution in [0.3, 0.4) is 0 Å². The zero-order valence-corrected chi connectivity index (χ0v) is 11.3. The predicted octanol–water partition coefficient (Wildman–Crippen LogP) is 3.09. The van der Waals surface area contributed by atoms with E-state index in [0.717, 1.165) is 23.6 Å². The molecule has 0 saturated heterocycles. The Morgan fingerprint density at radius 1 is 1.30 bits per heavy atom. The Hall–Kier alpha value is -1.82. The molecular weight excluding hydrogens is 267 g/mol. The van der Waals surface area contributed by atoms with Crippen LogP contribution < -0.4 is 5.73 Å². The third-order valence-electron chi connectivity index (χ3n) is 3.01. The van der Waals surface area contributed by atoms with Crippen molar-refractivity contribution in [3.63, 3.8) is 0 Å². The van der Waals surface area contributed by atoms with Gasteiger partial charge in [-0.25, -0.2) is 4.68 Å². The van der Waals surface area contributed by atoms with Gasteiger partial charge in [0.1, 0.15) is 0 Å². The number of hydrogen-bond acceptors (Lipinski definition) is 2. The van der Waals surface area contributed by atoms with Gasteiger partial charge in [0.2, 0.25) is 0 Å². The normalized spacial score (nSPS) is 13.5. The third kappa shape index (κ3) is 3.19. The fourth-order valence-corrected chi connectivity index (χ4v) is 2.02. The summed E-state index contributed by atoms with van der Waals surface area (Å²) in [7, 11) is 0. The van der Waals surface area contributed by atoms with E-state index in [0.29, 0.717) is 5.69 Å². The molecule has 0 saturated carbocycles. The van der Waals surface area contributed by atoms with Gasteiger partial charge in [0.25, 0.3) is 0 Å². The summed E-state index contributed by atoms with van der Waals surface area (Å²) in [6, 6.07) is 6.44. The number of aromatic nitrogens is 2. The standard InChI is InChI=1S/C14H16F3N3/c1-9-7-12(4-3-11(9)8-10(2)18)20-6-5-13(19-20)14(15,16)17/h3-7,10H,8,18H2,1-2H3. The van der Waals surface area contributed by atoms with Crippen molar-refractivity contribution in [2.75, 3.05) is 0 Å². The Labute approximate surface area is 115 Å². The molecule has 1 aromatic heterocycles. The third-order valence-corrected chi connectivity index (χ3v) is 3.01. The van der Waals surface area contributed by atoms with Crippen LogP contribution in [0.4, 0.5) is 13.2 Å². The Bertz CT molecular complexity index is 600. The maximum atomic E-state index is 12.5. The molecule has 0 fully saturated rings. The van der Waals surface area contributed by atoms with Crippen molar-refractivity contribution in [2.24, 2.45) is 5.73 Å². The van der Waals surface area contributed by atoms with Crippen LogP contribution in [0, 0.1) is 6.92 Å². The average Bonchev–Trinajstić information content (AvgIpc) is 2.80. The van der Waals surface area contributed by atoms with Crippen LogP contribution in [-0.2, 0) is 12.6 Å². The zero-order chi connectivity index (χ0) is 14.9. The van der Waals surface area contributed by atoms with E-state index in [1.54, 1.807) is 6.07 Å². The van der Waals surface area contributed by atoms with Crippen LogP contribution >= 0.6 is 0 Å². The number of nitrogens with zero attached hydrogens (tertiary/aromatic N) is 2. The second kappa shape index (κ2) is 5.28. The summed E-state index contributed by atoms with van der Waals surface area (Å²) < 4.78 is 38.8. The van der Waals surface area contributed by atoms with Crippen molar-refractivity contribution < 1.29 is 13.2 Å². The Balaban J connectivity index is 2.30. The summed E-state index contributed by atoms with van der Waals surface area (Å²) in [6.07, 6.45) is -2.38. The lowest BCUT2D eigenvalue weighted by Crippen LogP contribution is -2.18. The number of hydrogen-bond donors (Lipinski definition) is 1. The first-order valence-electron chi connectivity index (χ1n) is 6.25. The summed E-state index contributed by atoms with van der Waals surface area (Å²) in [5.41, 5.74) is 7.54. The van der Waals surface area contributed by atoms with Gasteiger partial charge in [0.15, 0.2) is 5.69 Å². The summed E-state index contributed by atoms with van der Waals surface area (Å²) in [4.78, 5) is 0. The highest BCUT2D eigenvalue weighted by atomic mass is 19.4. The fraction of sp³-hybridized carbons (Fsp3) is 0.357. The van der Waals surface area contributed by atoms with Gasteiger partial charge >= 0.3 is 6.18 Å². The lowest BCUT2D eigenvalue weighted by molar-refractivity contribution is -0.141. The highest BCUT2D eigenvalue weighted by Gasteiger charge is 2.33. The monoisotopic (exact) mass is 283 g/mol. The first kappa shape index (κ1) is 14.6. The van der Waals surface area contributed by atoms with Crippen molar-refractivity contribution >= 4 is 0 Å². The molecule has 0 radical (unpaired) electrons. The van der Waals surface area contributed by atoms with Crippen LogP contribution in [0.1, 0.15) is 23.7 Å². The van der Waals surface area contributed by atoms with E-state index in [1.165, 1.54) is 10.9 Å². The van der Waals surface area contributed by atoms with Crippen molar-refractivity contribution in [3.8, 4) is 5.69 Å². The molecule has 0 aliphatic heterocycles. The Kier molecular flexibility index (Phi) is 3.85. The van der Waals surface area contributed by atoms with Gasteiger partial charge in [-0.3, -0.25) is 0 Å². The first-order valence-corrected chi connectivity index (χ1v) is 6.25. The van der Waals surface area contributed by atoms with Crippen LogP contribution in [0.5, 0.6) is 0 Å². The van der Waals surface area contributed by atoms with E-state index in [2.05, 4.69) is 5.10 Å². The number of alkyl halides is 3. The molecule has 0 aliphatic rings. The molecule has 2 N–H and O–H groups in total. The number of benzene rings is 1. The molecule has 2 aromatic rings. The molecule has 1 heterocycles. The van der Waals surface area contributed by atoms with E-state index >= 15 is 0 Å². The average molecular weight is 283 g/mol. The highest BCUT2D eigenvalue weighted by molar-refractivity contribution is 5.40. The molecule has 6 heteroatoms. The largest absolute Gasteiger partial charge is 0.435 e.